The molecular formula is C10H17N5O4S. The van der Waals surface area contributed by atoms with Crippen molar-refractivity contribution in [1.29, 1.82) is 0 Å². The van der Waals surface area contributed by atoms with E-state index in [-0.39, 0.29) is 29.2 Å². The van der Waals surface area contributed by atoms with Crippen molar-refractivity contribution < 1.29 is 17.8 Å². The fourth-order valence-corrected chi connectivity index (χ4v) is 2.94. The molecule has 1 aliphatic heterocycles. The molecule has 1 aromatic heterocycles. The minimum absolute atomic E-state index is 0.00223. The summed E-state index contributed by atoms with van der Waals surface area (Å²) in [6.07, 6.45) is 1.10. The van der Waals surface area contributed by atoms with E-state index in [1.165, 1.54) is 0 Å². The lowest BCUT2D eigenvalue weighted by Crippen LogP contribution is -2.47. The molecule has 0 radical (unpaired) electrons. The second-order valence-corrected chi connectivity index (χ2v) is 6.63. The highest BCUT2D eigenvalue weighted by atomic mass is 32.2. The van der Waals surface area contributed by atoms with E-state index in [0.717, 1.165) is 0 Å². The standard InChI is InChI=1S/C10H17N5O4S/c1-2-20(17,18)14-7-3-5-15(6-4-7)10(16)8-9(11)13-19-12-8/h7,14H,2-6H2,1H3,(H2,11,13). The first kappa shape index (κ1) is 14.7. The third-order valence-corrected chi connectivity index (χ3v) is 4.68. The number of carbonyl (C=O) groups excluding carboxylic acids is 1. The molecule has 0 unspecified atom stereocenters. The number of aromatic nitrogens is 2. The Kier molecular flexibility index (Phi) is 4.23. The van der Waals surface area contributed by atoms with Crippen molar-refractivity contribution >= 4 is 21.7 Å². The Balaban J connectivity index is 1.92. The number of nitrogens with one attached hydrogen (secondary N) is 1. The van der Waals surface area contributed by atoms with E-state index >= 15 is 0 Å². The number of piperidine rings is 1. The largest absolute Gasteiger partial charge is 0.379 e. The Morgan fingerprint density at radius 2 is 2.10 bits per heavy atom. The van der Waals surface area contributed by atoms with Crippen LogP contribution in [0, 0.1) is 0 Å². The van der Waals surface area contributed by atoms with E-state index < -0.39 is 10.0 Å². The van der Waals surface area contributed by atoms with Gasteiger partial charge in [0.15, 0.2) is 0 Å². The van der Waals surface area contributed by atoms with Crippen LogP contribution >= 0.6 is 0 Å². The zero-order valence-corrected chi connectivity index (χ0v) is 11.9. The van der Waals surface area contributed by atoms with Gasteiger partial charge in [0.25, 0.3) is 5.91 Å². The molecule has 20 heavy (non-hydrogen) atoms. The van der Waals surface area contributed by atoms with Gasteiger partial charge in [-0.05, 0) is 30.1 Å². The Morgan fingerprint density at radius 1 is 1.45 bits per heavy atom. The van der Waals surface area contributed by atoms with Crippen LogP contribution in [0.25, 0.3) is 0 Å². The summed E-state index contributed by atoms with van der Waals surface area (Å²) in [6.45, 7) is 2.45. The van der Waals surface area contributed by atoms with Crippen molar-refractivity contribution in [2.45, 2.75) is 25.8 Å². The maximum absolute atomic E-state index is 12.1. The predicted octanol–water partition coefficient (Wildman–Crippen LogP) is -0.804. The third-order valence-electron chi connectivity index (χ3n) is 3.22. The van der Waals surface area contributed by atoms with Gasteiger partial charge in [-0.1, -0.05) is 0 Å². The second-order valence-electron chi connectivity index (χ2n) is 4.59. The first-order valence-corrected chi connectivity index (χ1v) is 7.95. The number of amides is 1. The van der Waals surface area contributed by atoms with Crippen LogP contribution in [-0.2, 0) is 10.0 Å². The van der Waals surface area contributed by atoms with E-state index in [1.54, 1.807) is 11.8 Å². The number of rotatable bonds is 4. The van der Waals surface area contributed by atoms with Crippen LogP contribution < -0.4 is 10.5 Å². The Hall–Kier alpha value is -1.68. The number of nitrogens with two attached hydrogens (primary N) is 1. The van der Waals surface area contributed by atoms with Crippen LogP contribution in [-0.4, -0.2) is 54.4 Å². The van der Waals surface area contributed by atoms with Crippen molar-refractivity contribution in [2.75, 3.05) is 24.6 Å². The maximum atomic E-state index is 12.1. The van der Waals surface area contributed by atoms with Crippen LogP contribution in [0.1, 0.15) is 30.3 Å². The van der Waals surface area contributed by atoms with E-state index in [1.807, 2.05) is 0 Å². The maximum Gasteiger partial charge on any atom is 0.280 e. The van der Waals surface area contributed by atoms with Gasteiger partial charge in [-0.2, -0.15) is 0 Å². The molecule has 10 heteroatoms. The Morgan fingerprint density at radius 3 is 2.60 bits per heavy atom. The number of hydrogen-bond acceptors (Lipinski definition) is 7. The highest BCUT2D eigenvalue weighted by Gasteiger charge is 2.28. The molecule has 0 atom stereocenters. The number of carbonyl (C=O) groups is 1. The fourth-order valence-electron chi connectivity index (χ4n) is 2.03. The summed E-state index contributed by atoms with van der Waals surface area (Å²) in [5.74, 6) is -0.336. The second kappa shape index (κ2) is 5.75. The van der Waals surface area contributed by atoms with Gasteiger partial charge in [-0.15, -0.1) is 0 Å². The molecule has 0 aromatic carbocycles. The van der Waals surface area contributed by atoms with Gasteiger partial charge in [-0.3, -0.25) is 4.79 Å². The third kappa shape index (κ3) is 3.25. The Bertz CT molecular complexity index is 576. The molecule has 9 nitrogen and oxygen atoms in total. The molecule has 0 aliphatic carbocycles. The van der Waals surface area contributed by atoms with E-state index in [2.05, 4.69) is 19.7 Å². The van der Waals surface area contributed by atoms with Gasteiger partial charge in [0.1, 0.15) is 0 Å². The van der Waals surface area contributed by atoms with E-state index in [9.17, 15) is 13.2 Å². The fraction of sp³-hybridized carbons (Fsp3) is 0.700. The summed E-state index contributed by atoms with van der Waals surface area (Å²) in [5, 5.41) is 6.83. The summed E-state index contributed by atoms with van der Waals surface area (Å²) in [4.78, 5) is 13.6. The lowest BCUT2D eigenvalue weighted by molar-refractivity contribution is 0.0701. The van der Waals surface area contributed by atoms with Gasteiger partial charge in [-0.25, -0.2) is 17.8 Å². The minimum atomic E-state index is -3.22. The van der Waals surface area contributed by atoms with Crippen LogP contribution in [0.5, 0.6) is 0 Å². The summed E-state index contributed by atoms with van der Waals surface area (Å²) in [5.41, 5.74) is 5.47. The molecule has 0 spiro atoms. The molecule has 3 N–H and O–H groups in total. The molecule has 2 heterocycles. The molecule has 0 saturated carbocycles. The summed E-state index contributed by atoms with van der Waals surface area (Å²) < 4.78 is 30.0. The Labute approximate surface area is 116 Å². The number of anilines is 1. The lowest BCUT2D eigenvalue weighted by atomic mass is 10.1. The monoisotopic (exact) mass is 303 g/mol. The number of hydrogen-bond donors (Lipinski definition) is 2. The molecule has 1 aliphatic rings. The molecule has 1 aromatic rings. The normalized spacial score (nSPS) is 17.4. The molecular weight excluding hydrogens is 286 g/mol. The zero-order chi connectivity index (χ0) is 14.8. The van der Waals surface area contributed by atoms with Crippen molar-refractivity contribution in [3.8, 4) is 0 Å². The molecule has 1 amide bonds. The smallest absolute Gasteiger partial charge is 0.280 e. The summed E-state index contributed by atoms with van der Waals surface area (Å²) >= 11 is 0. The number of sulfonamides is 1. The van der Waals surface area contributed by atoms with Crippen LogP contribution in [0.15, 0.2) is 4.63 Å². The quantitative estimate of drug-likeness (QED) is 0.744. The highest BCUT2D eigenvalue weighted by Crippen LogP contribution is 2.16. The molecule has 0 bridgehead atoms. The molecule has 1 saturated heterocycles. The summed E-state index contributed by atoms with van der Waals surface area (Å²) in [7, 11) is -3.22. The van der Waals surface area contributed by atoms with E-state index in [0.29, 0.717) is 25.9 Å². The highest BCUT2D eigenvalue weighted by molar-refractivity contribution is 7.89. The zero-order valence-electron chi connectivity index (χ0n) is 11.1. The average Bonchev–Trinajstić information content (AvgIpc) is 2.85. The van der Waals surface area contributed by atoms with Gasteiger partial charge < -0.3 is 10.6 Å². The van der Waals surface area contributed by atoms with Crippen molar-refractivity contribution in [1.82, 2.24) is 19.9 Å². The van der Waals surface area contributed by atoms with Crippen LogP contribution in [0.3, 0.4) is 0 Å². The number of nitrogen functional groups attached to an aromatic ring is 1. The van der Waals surface area contributed by atoms with Crippen molar-refractivity contribution in [3.63, 3.8) is 0 Å². The predicted molar refractivity (Wildman–Crippen MR) is 70.2 cm³/mol. The summed E-state index contributed by atoms with van der Waals surface area (Å²) in [6, 6.07) is -0.142. The average molecular weight is 303 g/mol. The SMILES string of the molecule is CCS(=O)(=O)NC1CCN(C(=O)c2nonc2N)CC1. The van der Waals surface area contributed by atoms with Gasteiger partial charge in [0.05, 0.1) is 5.75 Å². The molecule has 1 fully saturated rings. The van der Waals surface area contributed by atoms with Crippen LogP contribution in [0.2, 0.25) is 0 Å². The topological polar surface area (TPSA) is 131 Å². The lowest BCUT2D eigenvalue weighted by Gasteiger charge is -2.31. The molecule has 112 valence electrons. The van der Waals surface area contributed by atoms with Gasteiger partial charge in [0, 0.05) is 19.1 Å². The minimum Gasteiger partial charge on any atom is -0.379 e. The van der Waals surface area contributed by atoms with Gasteiger partial charge >= 0.3 is 0 Å². The number of nitrogens with zero attached hydrogens (tertiary/aromatic N) is 3. The van der Waals surface area contributed by atoms with E-state index in [4.69, 9.17) is 5.73 Å². The van der Waals surface area contributed by atoms with Gasteiger partial charge in [0.2, 0.25) is 21.5 Å². The number of likely N-dealkylation sites (tertiary alicyclic amines) is 1. The van der Waals surface area contributed by atoms with Crippen molar-refractivity contribution in [2.24, 2.45) is 0 Å². The van der Waals surface area contributed by atoms with Crippen LogP contribution in [0.4, 0.5) is 5.82 Å². The molecule has 2 rings (SSSR count). The first-order valence-electron chi connectivity index (χ1n) is 6.30. The first-order chi connectivity index (χ1) is 9.43. The van der Waals surface area contributed by atoms with Crippen molar-refractivity contribution in [3.05, 3.63) is 5.69 Å².